The molecule has 180 valence electrons. The normalized spacial score (nSPS) is 10.8. The van der Waals surface area contributed by atoms with Gasteiger partial charge in [0.2, 0.25) is 0 Å². The number of carbonyl (C=O) groups excluding carboxylic acids is 1. The van der Waals surface area contributed by atoms with E-state index in [9.17, 15) is 4.79 Å². The molecule has 0 fully saturated rings. The van der Waals surface area contributed by atoms with Gasteiger partial charge in [-0.2, -0.15) is 5.10 Å². The van der Waals surface area contributed by atoms with Gasteiger partial charge in [-0.05, 0) is 54.1 Å². The molecule has 9 heteroatoms. The molecule has 2 aromatic heterocycles. The average Bonchev–Trinajstić information content (AvgIpc) is 3.57. The molecule has 0 aliphatic heterocycles. The smallest absolute Gasteiger partial charge is 0.255 e. The summed E-state index contributed by atoms with van der Waals surface area (Å²) in [5, 5.41) is 16.7. The number of para-hydroxylation sites is 1. The Kier molecular flexibility index (Phi) is 6.77. The molecule has 1 amide bonds. The zero-order chi connectivity index (χ0) is 24.9. The Balaban J connectivity index is 1.34. The van der Waals surface area contributed by atoms with Gasteiger partial charge in [0.15, 0.2) is 0 Å². The Morgan fingerprint density at radius 2 is 1.72 bits per heavy atom. The van der Waals surface area contributed by atoms with E-state index < -0.39 is 0 Å². The van der Waals surface area contributed by atoms with E-state index in [1.807, 2.05) is 85.1 Å². The van der Waals surface area contributed by atoms with Crippen molar-refractivity contribution in [1.29, 1.82) is 0 Å². The first-order valence-corrected chi connectivity index (χ1v) is 11.7. The Labute approximate surface area is 213 Å². The SMILES string of the molecule is COc1ccc(-c2nn(-c3ccccc3)cc2C(=O)NCc2cn(Cc3ccc(Cl)cc3)nn2)cc1. The van der Waals surface area contributed by atoms with Gasteiger partial charge >= 0.3 is 0 Å². The first kappa shape index (κ1) is 23.3. The largest absolute Gasteiger partial charge is 0.497 e. The Morgan fingerprint density at radius 3 is 2.44 bits per heavy atom. The second-order valence-corrected chi connectivity index (χ2v) is 8.55. The second-order valence-electron chi connectivity index (χ2n) is 8.12. The van der Waals surface area contributed by atoms with Crippen LogP contribution in [0.25, 0.3) is 16.9 Å². The number of aromatic nitrogens is 5. The quantitative estimate of drug-likeness (QED) is 0.333. The van der Waals surface area contributed by atoms with Crippen LogP contribution in [0.4, 0.5) is 0 Å². The van der Waals surface area contributed by atoms with Crippen LogP contribution in [0.2, 0.25) is 5.02 Å². The Bertz CT molecular complexity index is 1460. The van der Waals surface area contributed by atoms with Gasteiger partial charge in [-0.25, -0.2) is 9.36 Å². The van der Waals surface area contributed by atoms with Crippen molar-refractivity contribution in [2.75, 3.05) is 7.11 Å². The van der Waals surface area contributed by atoms with E-state index in [0.717, 1.165) is 22.6 Å². The molecule has 0 radical (unpaired) electrons. The van der Waals surface area contributed by atoms with Crippen molar-refractivity contribution in [2.45, 2.75) is 13.1 Å². The van der Waals surface area contributed by atoms with Crippen LogP contribution in [-0.2, 0) is 13.1 Å². The maximum Gasteiger partial charge on any atom is 0.255 e. The van der Waals surface area contributed by atoms with Gasteiger partial charge in [0.1, 0.15) is 17.1 Å². The molecule has 8 nitrogen and oxygen atoms in total. The van der Waals surface area contributed by atoms with Gasteiger partial charge in [-0.3, -0.25) is 4.79 Å². The molecule has 3 aromatic carbocycles. The third kappa shape index (κ3) is 5.29. The minimum atomic E-state index is -0.254. The maximum atomic E-state index is 13.3. The lowest BCUT2D eigenvalue weighted by molar-refractivity contribution is 0.0951. The van der Waals surface area contributed by atoms with Gasteiger partial charge < -0.3 is 10.1 Å². The van der Waals surface area contributed by atoms with Gasteiger partial charge in [0, 0.05) is 16.8 Å². The third-order valence-electron chi connectivity index (χ3n) is 5.62. The van der Waals surface area contributed by atoms with E-state index in [1.165, 1.54) is 0 Å². The first-order valence-electron chi connectivity index (χ1n) is 11.3. The van der Waals surface area contributed by atoms with Gasteiger partial charge in [-0.1, -0.05) is 47.1 Å². The molecule has 0 bridgehead atoms. The number of benzene rings is 3. The fourth-order valence-corrected chi connectivity index (χ4v) is 3.88. The highest BCUT2D eigenvalue weighted by Crippen LogP contribution is 2.26. The van der Waals surface area contributed by atoms with E-state index in [1.54, 1.807) is 22.7 Å². The molecular weight excluding hydrogens is 476 g/mol. The summed E-state index contributed by atoms with van der Waals surface area (Å²) in [4.78, 5) is 13.3. The van der Waals surface area contributed by atoms with E-state index in [4.69, 9.17) is 21.4 Å². The number of rotatable bonds is 8. The summed E-state index contributed by atoms with van der Waals surface area (Å²) < 4.78 is 8.69. The van der Waals surface area contributed by atoms with E-state index in [2.05, 4.69) is 15.6 Å². The van der Waals surface area contributed by atoms with Gasteiger partial charge in [0.05, 0.1) is 37.6 Å². The number of hydrogen-bond donors (Lipinski definition) is 1. The standard InChI is InChI=1S/C27H23ClN6O2/c1-36-24-13-9-20(10-14-24)26-25(18-34(31-26)23-5-3-2-4-6-23)27(35)29-15-22-17-33(32-30-22)16-19-7-11-21(28)12-8-19/h2-14,17-18H,15-16H2,1H3,(H,29,35). The summed E-state index contributed by atoms with van der Waals surface area (Å²) in [6.07, 6.45) is 3.55. The highest BCUT2D eigenvalue weighted by molar-refractivity contribution is 6.30. The van der Waals surface area contributed by atoms with Crippen LogP contribution in [0.3, 0.4) is 0 Å². The predicted molar refractivity (Wildman–Crippen MR) is 137 cm³/mol. The first-order chi connectivity index (χ1) is 17.6. The van der Waals surface area contributed by atoms with Crippen LogP contribution in [0, 0.1) is 0 Å². The zero-order valence-corrected chi connectivity index (χ0v) is 20.3. The van der Waals surface area contributed by atoms with Crippen LogP contribution in [0.1, 0.15) is 21.6 Å². The number of carbonyl (C=O) groups is 1. The number of ether oxygens (including phenoxy) is 1. The van der Waals surface area contributed by atoms with E-state index in [-0.39, 0.29) is 12.5 Å². The molecule has 1 N–H and O–H groups in total. The van der Waals surface area contributed by atoms with Crippen LogP contribution in [0.15, 0.2) is 91.3 Å². The lowest BCUT2D eigenvalue weighted by Gasteiger charge is -2.05. The Hall–Kier alpha value is -4.43. The van der Waals surface area contributed by atoms with Gasteiger partial charge in [-0.15, -0.1) is 5.10 Å². The fraction of sp³-hybridized carbons (Fsp3) is 0.111. The number of amides is 1. The predicted octanol–water partition coefficient (Wildman–Crippen LogP) is 4.77. The zero-order valence-electron chi connectivity index (χ0n) is 19.5. The molecule has 36 heavy (non-hydrogen) atoms. The lowest BCUT2D eigenvalue weighted by atomic mass is 10.1. The number of nitrogens with zero attached hydrogens (tertiary/aromatic N) is 5. The second kappa shape index (κ2) is 10.5. The van der Waals surface area contributed by atoms with Crippen LogP contribution >= 0.6 is 11.6 Å². The van der Waals surface area contributed by atoms with Crippen LogP contribution < -0.4 is 10.1 Å². The summed E-state index contributed by atoms with van der Waals surface area (Å²) in [5.41, 5.74) is 4.40. The molecule has 5 aromatic rings. The summed E-state index contributed by atoms with van der Waals surface area (Å²) in [6.45, 7) is 0.793. The minimum absolute atomic E-state index is 0.234. The van der Waals surface area contributed by atoms with Crippen molar-refractivity contribution in [3.8, 4) is 22.7 Å². The topological polar surface area (TPSA) is 86.9 Å². The molecule has 0 atom stereocenters. The highest BCUT2D eigenvalue weighted by atomic mass is 35.5. The number of methoxy groups -OCH3 is 1. The molecule has 0 saturated carbocycles. The van der Waals surface area contributed by atoms with Crippen LogP contribution in [0.5, 0.6) is 5.75 Å². The maximum absolute atomic E-state index is 13.3. The van der Waals surface area contributed by atoms with Crippen molar-refractivity contribution < 1.29 is 9.53 Å². The summed E-state index contributed by atoms with van der Waals surface area (Å²) >= 11 is 5.95. The van der Waals surface area contributed by atoms with Crippen LogP contribution in [-0.4, -0.2) is 37.8 Å². The minimum Gasteiger partial charge on any atom is -0.497 e. The molecule has 2 heterocycles. The molecule has 0 aliphatic rings. The summed E-state index contributed by atoms with van der Waals surface area (Å²) in [5.74, 6) is 0.476. The average molecular weight is 499 g/mol. The van der Waals surface area contributed by atoms with Gasteiger partial charge in [0.25, 0.3) is 5.91 Å². The molecule has 0 unspecified atom stereocenters. The molecular formula is C27H23ClN6O2. The molecule has 0 saturated heterocycles. The molecule has 0 aliphatic carbocycles. The molecule has 0 spiro atoms. The van der Waals surface area contributed by atoms with Crippen molar-refractivity contribution in [2.24, 2.45) is 0 Å². The van der Waals surface area contributed by atoms with Crippen molar-refractivity contribution in [3.05, 3.63) is 113 Å². The van der Waals surface area contributed by atoms with Crippen molar-refractivity contribution in [3.63, 3.8) is 0 Å². The highest BCUT2D eigenvalue weighted by Gasteiger charge is 2.19. The number of halogens is 1. The number of hydrogen-bond acceptors (Lipinski definition) is 5. The summed E-state index contributed by atoms with van der Waals surface area (Å²) in [7, 11) is 1.61. The van der Waals surface area contributed by atoms with E-state index >= 15 is 0 Å². The fourth-order valence-electron chi connectivity index (χ4n) is 3.75. The third-order valence-corrected chi connectivity index (χ3v) is 5.87. The van der Waals surface area contributed by atoms with Crippen molar-refractivity contribution >= 4 is 17.5 Å². The molecule has 5 rings (SSSR count). The lowest BCUT2D eigenvalue weighted by Crippen LogP contribution is -2.23. The number of nitrogens with one attached hydrogen (secondary N) is 1. The van der Waals surface area contributed by atoms with Crippen molar-refractivity contribution in [1.82, 2.24) is 30.1 Å². The van der Waals surface area contributed by atoms with E-state index in [0.29, 0.717) is 28.5 Å². The monoisotopic (exact) mass is 498 g/mol. The summed E-state index contributed by atoms with van der Waals surface area (Å²) in [6, 6.07) is 24.7. The Morgan fingerprint density at radius 1 is 0.972 bits per heavy atom.